The Bertz CT molecular complexity index is 1720. The molecule has 2 aliphatic heterocycles. The number of amides is 1. The van der Waals surface area contributed by atoms with Crippen molar-refractivity contribution in [2.45, 2.75) is 447 Å². The Labute approximate surface area is 576 Å². The third-order valence-corrected chi connectivity index (χ3v) is 19.8. The van der Waals surface area contributed by atoms with Crippen molar-refractivity contribution >= 4 is 5.91 Å². The maximum absolute atomic E-state index is 13.4. The van der Waals surface area contributed by atoms with Crippen LogP contribution in [0.2, 0.25) is 0 Å². The summed E-state index contributed by atoms with van der Waals surface area (Å²) in [7, 11) is 0. The van der Waals surface area contributed by atoms with Crippen LogP contribution in [0.4, 0.5) is 0 Å². The van der Waals surface area contributed by atoms with Crippen molar-refractivity contribution in [2.24, 2.45) is 0 Å². The molecule has 0 aliphatic carbocycles. The maximum atomic E-state index is 13.4. The molecule has 14 nitrogen and oxygen atoms in total. The van der Waals surface area contributed by atoms with Gasteiger partial charge in [0.05, 0.1) is 32.0 Å². The first-order valence-electron chi connectivity index (χ1n) is 40.2. The Morgan fingerprint density at radius 1 is 0.372 bits per heavy atom. The van der Waals surface area contributed by atoms with E-state index in [1.54, 1.807) is 6.08 Å². The van der Waals surface area contributed by atoms with E-state index in [1.807, 2.05) is 6.08 Å². The van der Waals surface area contributed by atoms with Crippen LogP contribution in [0.5, 0.6) is 0 Å². The number of carbonyl (C=O) groups excluding carboxylic acids is 1. The fourth-order valence-electron chi connectivity index (χ4n) is 13.4. The molecular formula is C80H151NO13. The number of nitrogens with one attached hydrogen (secondary N) is 1. The van der Waals surface area contributed by atoms with Crippen LogP contribution in [-0.4, -0.2) is 140 Å². The first-order chi connectivity index (χ1) is 46.1. The van der Waals surface area contributed by atoms with E-state index in [2.05, 4.69) is 43.5 Å². The Kier molecular flexibility index (Phi) is 60.7. The highest BCUT2D eigenvalue weighted by atomic mass is 16.7. The summed E-state index contributed by atoms with van der Waals surface area (Å²) < 4.78 is 22.9. The van der Waals surface area contributed by atoms with E-state index < -0.39 is 86.8 Å². The predicted molar refractivity (Wildman–Crippen MR) is 388 cm³/mol. The van der Waals surface area contributed by atoms with Gasteiger partial charge in [0.15, 0.2) is 12.6 Å². The average Bonchev–Trinajstić information content (AvgIpc) is 0.794. The molecule has 94 heavy (non-hydrogen) atoms. The molecule has 0 aromatic carbocycles. The SMILES string of the molecule is CCCCCCCCCC/C=C\CCCCCCCCCCCCCCCCCCCCCCCCCC(=O)NC(COC1OC(CO)C(OC2OC(CO)C(O)C(O)C2O)C(O)C1O)C(O)/C=C/CC/C=C/CCCCCCCCCCCCCCCCCCCCC. The summed E-state index contributed by atoms with van der Waals surface area (Å²) in [5.41, 5.74) is 0. The molecule has 14 heteroatoms. The van der Waals surface area contributed by atoms with E-state index in [4.69, 9.17) is 18.9 Å². The fourth-order valence-corrected chi connectivity index (χ4v) is 13.4. The van der Waals surface area contributed by atoms with Gasteiger partial charge in [0.2, 0.25) is 5.91 Å². The fraction of sp³-hybridized carbons (Fsp3) is 0.912. The number of hydrogen-bond donors (Lipinski definition) is 9. The second-order valence-electron chi connectivity index (χ2n) is 28.5. The van der Waals surface area contributed by atoms with Crippen molar-refractivity contribution in [1.29, 1.82) is 0 Å². The zero-order valence-corrected chi connectivity index (χ0v) is 60.7. The summed E-state index contributed by atoms with van der Waals surface area (Å²) >= 11 is 0. The lowest BCUT2D eigenvalue weighted by Gasteiger charge is -2.46. The summed E-state index contributed by atoms with van der Waals surface area (Å²) in [6, 6.07) is -0.931. The number of carbonyl (C=O) groups is 1. The number of allylic oxidation sites excluding steroid dienone is 5. The van der Waals surface area contributed by atoms with Gasteiger partial charge in [-0.3, -0.25) is 4.79 Å². The van der Waals surface area contributed by atoms with Crippen molar-refractivity contribution in [3.8, 4) is 0 Å². The zero-order chi connectivity index (χ0) is 68.0. The third kappa shape index (κ3) is 47.3. The van der Waals surface area contributed by atoms with Gasteiger partial charge in [-0.25, -0.2) is 0 Å². The Balaban J connectivity index is 1.61. The van der Waals surface area contributed by atoms with Crippen molar-refractivity contribution in [3.05, 3.63) is 36.5 Å². The number of unbranched alkanes of at least 4 members (excludes halogenated alkanes) is 51. The average molecular weight is 1340 g/mol. The summed E-state index contributed by atoms with van der Waals surface area (Å²) in [6.45, 7) is 2.85. The van der Waals surface area contributed by atoms with Crippen LogP contribution in [0.25, 0.3) is 0 Å². The quantitative estimate of drug-likeness (QED) is 0.0204. The number of hydrogen-bond acceptors (Lipinski definition) is 13. The van der Waals surface area contributed by atoms with Gasteiger partial charge in [-0.1, -0.05) is 346 Å². The Hall–Kier alpha value is -1.79. The van der Waals surface area contributed by atoms with Gasteiger partial charge in [-0.15, -0.1) is 0 Å². The van der Waals surface area contributed by atoms with Crippen LogP contribution in [0.15, 0.2) is 36.5 Å². The Morgan fingerprint density at radius 3 is 1.04 bits per heavy atom. The van der Waals surface area contributed by atoms with E-state index in [1.165, 1.54) is 308 Å². The van der Waals surface area contributed by atoms with Crippen molar-refractivity contribution in [2.75, 3.05) is 19.8 Å². The van der Waals surface area contributed by atoms with E-state index >= 15 is 0 Å². The molecule has 0 bridgehead atoms. The maximum Gasteiger partial charge on any atom is 0.220 e. The molecule has 2 heterocycles. The second-order valence-corrected chi connectivity index (χ2v) is 28.5. The lowest BCUT2D eigenvalue weighted by atomic mass is 9.97. The molecule has 12 atom stereocenters. The highest BCUT2D eigenvalue weighted by Crippen LogP contribution is 2.30. The Morgan fingerprint density at radius 2 is 0.681 bits per heavy atom. The van der Waals surface area contributed by atoms with Crippen LogP contribution in [0.1, 0.15) is 373 Å². The largest absolute Gasteiger partial charge is 0.394 e. The lowest BCUT2D eigenvalue weighted by molar-refractivity contribution is -0.359. The van der Waals surface area contributed by atoms with Crippen LogP contribution in [0.3, 0.4) is 0 Å². The molecule has 12 unspecified atom stereocenters. The van der Waals surface area contributed by atoms with Gasteiger partial charge < -0.3 is 65.1 Å². The van der Waals surface area contributed by atoms with Gasteiger partial charge in [-0.05, 0) is 57.8 Å². The highest BCUT2D eigenvalue weighted by molar-refractivity contribution is 5.76. The van der Waals surface area contributed by atoms with Gasteiger partial charge >= 0.3 is 0 Å². The number of ether oxygens (including phenoxy) is 4. The number of aliphatic hydroxyl groups excluding tert-OH is 8. The molecule has 9 N–H and O–H groups in total. The van der Waals surface area contributed by atoms with E-state index in [0.717, 1.165) is 32.1 Å². The molecule has 0 aromatic rings. The standard InChI is InChI=1S/C80H151NO13/c1-3-5-7-9-11-13-15-17-19-21-23-25-27-29-30-31-32-33-34-35-36-37-38-40-42-44-46-48-50-52-54-56-58-60-62-64-72(85)81-68(67-91-79-77(90)75(88)78(71(66-83)93-79)94-80-76(89)74(87)73(86)70(65-82)92-80)69(84)63-61-59-57-55-53-51-49-47-45-43-41-39-28-26-24-22-20-18-16-14-12-10-8-6-4-2/h21,23,53,55,61,63,68-71,73-80,82-84,86-90H,3-20,22,24-52,54,56-60,62,64-67H2,1-2H3,(H,81,85)/b23-21-,55-53+,63-61+. The van der Waals surface area contributed by atoms with Crippen LogP contribution >= 0.6 is 0 Å². The number of aliphatic hydroxyl groups is 8. The molecule has 2 rings (SSSR count). The molecular weight excluding hydrogens is 1180 g/mol. The highest BCUT2D eigenvalue weighted by Gasteiger charge is 2.51. The summed E-state index contributed by atoms with van der Waals surface area (Å²) in [6.07, 6.45) is 68.1. The molecule has 2 saturated heterocycles. The van der Waals surface area contributed by atoms with E-state index in [0.29, 0.717) is 12.8 Å². The van der Waals surface area contributed by atoms with Crippen LogP contribution in [-0.2, 0) is 23.7 Å². The van der Waals surface area contributed by atoms with Crippen molar-refractivity contribution in [1.82, 2.24) is 5.32 Å². The minimum absolute atomic E-state index is 0.241. The van der Waals surface area contributed by atoms with Crippen molar-refractivity contribution in [3.63, 3.8) is 0 Å². The van der Waals surface area contributed by atoms with Crippen LogP contribution in [0, 0.1) is 0 Å². The molecule has 2 fully saturated rings. The predicted octanol–water partition coefficient (Wildman–Crippen LogP) is 18.0. The van der Waals surface area contributed by atoms with Gasteiger partial charge in [0.25, 0.3) is 0 Å². The molecule has 2 aliphatic rings. The van der Waals surface area contributed by atoms with Crippen LogP contribution < -0.4 is 5.32 Å². The second kappa shape index (κ2) is 64.6. The summed E-state index contributed by atoms with van der Waals surface area (Å²) in [5, 5.41) is 87.6. The van der Waals surface area contributed by atoms with Crippen molar-refractivity contribution < 1.29 is 64.6 Å². The smallest absolute Gasteiger partial charge is 0.220 e. The van der Waals surface area contributed by atoms with Gasteiger partial charge in [0.1, 0.15) is 48.8 Å². The van der Waals surface area contributed by atoms with E-state index in [-0.39, 0.29) is 18.9 Å². The first-order valence-corrected chi connectivity index (χ1v) is 40.2. The molecule has 554 valence electrons. The lowest BCUT2D eigenvalue weighted by Crippen LogP contribution is -2.65. The van der Waals surface area contributed by atoms with Gasteiger partial charge in [0, 0.05) is 6.42 Å². The normalized spacial score (nSPS) is 22.6. The molecule has 1 amide bonds. The number of rotatable bonds is 68. The monoisotopic (exact) mass is 1330 g/mol. The van der Waals surface area contributed by atoms with Gasteiger partial charge in [-0.2, -0.15) is 0 Å². The molecule has 0 aromatic heterocycles. The molecule has 0 saturated carbocycles. The molecule has 0 radical (unpaired) electrons. The molecule has 0 spiro atoms. The third-order valence-electron chi connectivity index (χ3n) is 19.8. The summed E-state index contributed by atoms with van der Waals surface area (Å²) in [4.78, 5) is 13.4. The summed E-state index contributed by atoms with van der Waals surface area (Å²) in [5.74, 6) is -0.241. The zero-order valence-electron chi connectivity index (χ0n) is 60.7. The first kappa shape index (κ1) is 88.3. The minimum Gasteiger partial charge on any atom is -0.394 e. The van der Waals surface area contributed by atoms with E-state index in [9.17, 15) is 45.6 Å². The topological polar surface area (TPSA) is 228 Å². The minimum atomic E-state index is -1.79.